The first-order chi connectivity index (χ1) is 21.7. The summed E-state index contributed by atoms with van der Waals surface area (Å²) in [5.74, 6) is -0.333. The molecule has 10 nitrogen and oxygen atoms in total. The normalized spacial score (nSPS) is 13.2. The Morgan fingerprint density at radius 2 is 1.67 bits per heavy atom. The van der Waals surface area contributed by atoms with Crippen molar-refractivity contribution in [2.45, 2.75) is 5.22 Å². The first kappa shape index (κ1) is 31.5. The van der Waals surface area contributed by atoms with Gasteiger partial charge < -0.3 is 14.1 Å². The molecule has 0 aliphatic carbocycles. The van der Waals surface area contributed by atoms with E-state index in [2.05, 4.69) is 35.4 Å². The number of benzene rings is 2. The van der Waals surface area contributed by atoms with Crippen molar-refractivity contribution >= 4 is 75.8 Å². The van der Waals surface area contributed by atoms with Crippen molar-refractivity contribution in [3.05, 3.63) is 80.6 Å². The topological polar surface area (TPSA) is 119 Å². The van der Waals surface area contributed by atoms with Gasteiger partial charge in [-0.1, -0.05) is 58.2 Å². The molecule has 0 bridgehead atoms. The van der Waals surface area contributed by atoms with Crippen molar-refractivity contribution in [2.24, 2.45) is 0 Å². The van der Waals surface area contributed by atoms with Crippen LogP contribution in [0.5, 0.6) is 0 Å². The minimum atomic E-state index is -0.690. The lowest BCUT2D eigenvalue weighted by atomic mass is 10.1. The number of amides is 1. The molecule has 0 spiro atoms. The quantitative estimate of drug-likeness (QED) is 0.128. The third-order valence-corrected chi connectivity index (χ3v) is 8.50. The summed E-state index contributed by atoms with van der Waals surface area (Å²) in [7, 11) is 0. The van der Waals surface area contributed by atoms with Crippen LogP contribution in [0, 0.1) is 5.82 Å². The molecule has 0 saturated carbocycles. The Labute approximate surface area is 280 Å². The molecule has 3 aromatic heterocycles. The average Bonchev–Trinajstić information content (AvgIpc) is 3.51. The molecule has 1 N–H and O–H groups in total. The standard InChI is InChI=1S/C29H20Cl4FN7O3S/c30-15-3-4-16(19(31)10-15)23-13-24(18-11-22(34)21(33)12-20(18)32)37-28(36-23)38-25(42)14-45-29-40-39-27(44-29)17-2-1-5-35-26(17)41-6-8-43-9-7-41/h1-5,10-13H,6-9,14H2,(H,36,37,38,42). The number of aromatic nitrogens is 5. The molecule has 2 aromatic carbocycles. The van der Waals surface area contributed by atoms with Crippen LogP contribution in [0.3, 0.4) is 0 Å². The molecule has 6 rings (SSSR count). The monoisotopic (exact) mass is 705 g/mol. The maximum atomic E-state index is 14.4. The van der Waals surface area contributed by atoms with Crippen LogP contribution in [-0.2, 0) is 9.53 Å². The van der Waals surface area contributed by atoms with E-state index in [0.717, 1.165) is 17.8 Å². The van der Waals surface area contributed by atoms with Gasteiger partial charge in [0.2, 0.25) is 11.9 Å². The molecule has 230 valence electrons. The summed E-state index contributed by atoms with van der Waals surface area (Å²) in [4.78, 5) is 28.5. The SMILES string of the molecule is O=C(CSc1nnc(-c2cccnc2N2CCOCC2)o1)Nc1nc(-c2ccc(Cl)cc2Cl)cc(-c2cc(F)c(Cl)cc2Cl)n1. The largest absolute Gasteiger partial charge is 0.411 e. The van der Waals surface area contributed by atoms with Crippen LogP contribution in [0.25, 0.3) is 34.0 Å². The second-order valence-corrected chi connectivity index (χ2v) is 12.1. The lowest BCUT2D eigenvalue weighted by Gasteiger charge is -2.28. The van der Waals surface area contributed by atoms with Gasteiger partial charge in [-0.15, -0.1) is 10.2 Å². The summed E-state index contributed by atoms with van der Waals surface area (Å²) in [6, 6.07) is 12.5. The summed E-state index contributed by atoms with van der Waals surface area (Å²) in [6.07, 6.45) is 1.70. The van der Waals surface area contributed by atoms with Crippen LogP contribution in [0.4, 0.5) is 16.2 Å². The van der Waals surface area contributed by atoms with Gasteiger partial charge in [0.05, 0.1) is 51.0 Å². The molecule has 0 atom stereocenters. The fourth-order valence-electron chi connectivity index (χ4n) is 4.45. The van der Waals surface area contributed by atoms with Crippen molar-refractivity contribution in [2.75, 3.05) is 42.3 Å². The number of ether oxygens (including phenoxy) is 1. The van der Waals surface area contributed by atoms with Crippen molar-refractivity contribution in [3.8, 4) is 34.0 Å². The fourth-order valence-corrected chi connectivity index (χ4v) is 6.00. The van der Waals surface area contributed by atoms with Crippen molar-refractivity contribution < 1.29 is 18.3 Å². The van der Waals surface area contributed by atoms with E-state index in [9.17, 15) is 9.18 Å². The Balaban J connectivity index is 1.22. The minimum Gasteiger partial charge on any atom is -0.411 e. The molecular weight excluding hydrogens is 687 g/mol. The van der Waals surface area contributed by atoms with Gasteiger partial charge in [-0.05, 0) is 48.5 Å². The smallest absolute Gasteiger partial charge is 0.277 e. The van der Waals surface area contributed by atoms with Gasteiger partial charge >= 0.3 is 0 Å². The summed E-state index contributed by atoms with van der Waals surface area (Å²) in [5.41, 5.74) is 1.99. The molecule has 1 aliphatic rings. The zero-order valence-corrected chi connectivity index (χ0v) is 26.8. The number of nitrogens with zero attached hydrogens (tertiary/aromatic N) is 6. The Kier molecular flexibility index (Phi) is 9.69. The molecule has 1 saturated heterocycles. The molecule has 16 heteroatoms. The van der Waals surface area contributed by atoms with E-state index >= 15 is 0 Å². The highest BCUT2D eigenvalue weighted by atomic mass is 35.5. The molecule has 4 heterocycles. The number of halogens is 5. The number of thioether (sulfide) groups is 1. The number of nitrogens with one attached hydrogen (secondary N) is 1. The Morgan fingerprint density at radius 3 is 2.44 bits per heavy atom. The molecular formula is C29H20Cl4FN7O3S. The van der Waals surface area contributed by atoms with Gasteiger partial charge in [-0.25, -0.2) is 19.3 Å². The van der Waals surface area contributed by atoms with Gasteiger partial charge in [0.25, 0.3) is 11.1 Å². The highest BCUT2D eigenvalue weighted by molar-refractivity contribution is 7.99. The fraction of sp³-hybridized carbons (Fsp3) is 0.172. The van der Waals surface area contributed by atoms with Gasteiger partial charge in [0, 0.05) is 35.4 Å². The molecule has 0 unspecified atom stereocenters. The third kappa shape index (κ3) is 7.32. The molecule has 1 fully saturated rings. The van der Waals surface area contributed by atoms with Gasteiger partial charge in [-0.3, -0.25) is 10.1 Å². The van der Waals surface area contributed by atoms with Gasteiger partial charge in [0.1, 0.15) is 11.6 Å². The third-order valence-electron chi connectivity index (χ3n) is 6.53. The zero-order valence-electron chi connectivity index (χ0n) is 22.9. The van der Waals surface area contributed by atoms with Gasteiger partial charge in [0.15, 0.2) is 0 Å². The molecule has 0 radical (unpaired) electrons. The average molecular weight is 707 g/mol. The van der Waals surface area contributed by atoms with Crippen LogP contribution in [0.15, 0.2) is 64.4 Å². The van der Waals surface area contributed by atoms with Crippen LogP contribution in [-0.4, -0.2) is 63.1 Å². The van der Waals surface area contributed by atoms with E-state index in [1.807, 2.05) is 6.07 Å². The van der Waals surface area contributed by atoms with E-state index in [4.69, 9.17) is 55.6 Å². The summed E-state index contributed by atoms with van der Waals surface area (Å²) < 4.78 is 25.7. The molecule has 1 aliphatic heterocycles. The molecule has 1 amide bonds. The van der Waals surface area contributed by atoms with E-state index in [-0.39, 0.29) is 44.1 Å². The second-order valence-electron chi connectivity index (χ2n) is 9.52. The molecule has 5 aromatic rings. The predicted octanol–water partition coefficient (Wildman–Crippen LogP) is 7.58. The van der Waals surface area contributed by atoms with Crippen molar-refractivity contribution in [1.29, 1.82) is 0 Å². The van der Waals surface area contributed by atoms with Crippen LogP contribution >= 0.6 is 58.2 Å². The summed E-state index contributed by atoms with van der Waals surface area (Å²) in [5, 5.41) is 11.8. The molecule has 45 heavy (non-hydrogen) atoms. The number of carbonyl (C=O) groups is 1. The van der Waals surface area contributed by atoms with Crippen LogP contribution in [0.2, 0.25) is 20.1 Å². The first-order valence-corrected chi connectivity index (χ1v) is 15.8. The van der Waals surface area contributed by atoms with Crippen molar-refractivity contribution in [1.82, 2.24) is 25.1 Å². The Bertz CT molecular complexity index is 1890. The van der Waals surface area contributed by atoms with E-state index in [1.165, 1.54) is 6.07 Å². The van der Waals surface area contributed by atoms with Crippen LogP contribution in [0.1, 0.15) is 0 Å². The number of hydrogen-bond donors (Lipinski definition) is 1. The minimum absolute atomic E-state index is 0.0673. The number of morpholine rings is 1. The number of rotatable bonds is 8. The highest BCUT2D eigenvalue weighted by Crippen LogP contribution is 2.36. The Hall–Kier alpha value is -3.52. The maximum absolute atomic E-state index is 14.4. The highest BCUT2D eigenvalue weighted by Gasteiger charge is 2.21. The lowest BCUT2D eigenvalue weighted by Crippen LogP contribution is -2.37. The first-order valence-electron chi connectivity index (χ1n) is 13.3. The second kappa shape index (κ2) is 13.9. The van der Waals surface area contributed by atoms with Gasteiger partial charge in [-0.2, -0.15) is 0 Å². The number of carbonyl (C=O) groups excluding carboxylic acids is 1. The van der Waals surface area contributed by atoms with E-state index < -0.39 is 11.7 Å². The van der Waals surface area contributed by atoms with E-state index in [0.29, 0.717) is 59.0 Å². The predicted molar refractivity (Wildman–Crippen MR) is 173 cm³/mol. The summed E-state index contributed by atoms with van der Waals surface area (Å²) in [6.45, 7) is 2.57. The number of anilines is 2. The number of hydrogen-bond acceptors (Lipinski definition) is 10. The van der Waals surface area contributed by atoms with E-state index in [1.54, 1.807) is 36.5 Å². The zero-order chi connectivity index (χ0) is 31.5. The maximum Gasteiger partial charge on any atom is 0.277 e. The summed E-state index contributed by atoms with van der Waals surface area (Å²) >= 11 is 25.8. The Morgan fingerprint density at radius 1 is 0.911 bits per heavy atom. The lowest BCUT2D eigenvalue weighted by molar-refractivity contribution is -0.113. The van der Waals surface area contributed by atoms with Crippen molar-refractivity contribution in [3.63, 3.8) is 0 Å². The number of pyridine rings is 1. The van der Waals surface area contributed by atoms with Crippen LogP contribution < -0.4 is 10.2 Å².